The second-order valence-electron chi connectivity index (χ2n) is 4.10. The van der Waals surface area contributed by atoms with Crippen LogP contribution in [0.2, 0.25) is 15.1 Å². The molecule has 0 saturated carbocycles. The maximum Gasteiger partial charge on any atom is 0.139 e. The molecule has 0 spiro atoms. The average molecular weight is 333 g/mol. The van der Waals surface area contributed by atoms with Gasteiger partial charge in [-0.25, -0.2) is 0 Å². The van der Waals surface area contributed by atoms with E-state index in [0.717, 1.165) is 5.56 Å². The number of hydrogen-bond donors (Lipinski definition) is 1. The molecule has 0 aliphatic carbocycles. The van der Waals surface area contributed by atoms with Crippen LogP contribution in [0.3, 0.4) is 0 Å². The van der Waals surface area contributed by atoms with Gasteiger partial charge in [-0.1, -0.05) is 34.8 Å². The summed E-state index contributed by atoms with van der Waals surface area (Å²) in [5.74, 6) is 1.13. The summed E-state index contributed by atoms with van der Waals surface area (Å²) in [5, 5.41) is 1.17. The number of nitrogens with two attached hydrogens (primary N) is 1. The number of anilines is 1. The first-order valence-corrected chi connectivity index (χ1v) is 6.83. The van der Waals surface area contributed by atoms with Crippen molar-refractivity contribution in [2.45, 2.75) is 6.61 Å². The van der Waals surface area contributed by atoms with Gasteiger partial charge in [0, 0.05) is 17.8 Å². The van der Waals surface area contributed by atoms with Crippen molar-refractivity contribution in [3.05, 3.63) is 51.0 Å². The molecule has 0 aliphatic heterocycles. The van der Waals surface area contributed by atoms with E-state index in [0.29, 0.717) is 38.9 Å². The lowest BCUT2D eigenvalue weighted by Crippen LogP contribution is -1.98. The van der Waals surface area contributed by atoms with Crippen LogP contribution in [0.4, 0.5) is 5.69 Å². The minimum atomic E-state index is 0.291. The molecule has 6 heteroatoms. The molecule has 106 valence electrons. The maximum atomic E-state index is 6.04. The van der Waals surface area contributed by atoms with Crippen molar-refractivity contribution in [2.75, 3.05) is 12.8 Å². The molecule has 2 rings (SSSR count). The van der Waals surface area contributed by atoms with Gasteiger partial charge in [0.2, 0.25) is 0 Å². The Morgan fingerprint density at radius 2 is 1.65 bits per heavy atom. The average Bonchev–Trinajstić information content (AvgIpc) is 2.40. The molecular weight excluding hydrogens is 321 g/mol. The van der Waals surface area contributed by atoms with E-state index < -0.39 is 0 Å². The lowest BCUT2D eigenvalue weighted by molar-refractivity contribution is 0.305. The van der Waals surface area contributed by atoms with Crippen LogP contribution in [0.1, 0.15) is 5.56 Å². The van der Waals surface area contributed by atoms with Crippen LogP contribution < -0.4 is 15.2 Å². The van der Waals surface area contributed by atoms with E-state index in [4.69, 9.17) is 50.0 Å². The molecule has 2 aromatic carbocycles. The maximum absolute atomic E-state index is 6.04. The predicted molar refractivity (Wildman–Crippen MR) is 83.2 cm³/mol. The zero-order valence-corrected chi connectivity index (χ0v) is 12.9. The van der Waals surface area contributed by atoms with Crippen molar-refractivity contribution in [1.29, 1.82) is 0 Å². The van der Waals surface area contributed by atoms with E-state index in [1.165, 1.54) is 0 Å². The number of halogens is 3. The van der Waals surface area contributed by atoms with Gasteiger partial charge in [-0.2, -0.15) is 0 Å². The Morgan fingerprint density at radius 3 is 2.35 bits per heavy atom. The molecule has 3 nitrogen and oxygen atoms in total. The smallest absolute Gasteiger partial charge is 0.139 e. The summed E-state index contributed by atoms with van der Waals surface area (Å²) in [5.41, 5.74) is 7.24. The summed E-state index contributed by atoms with van der Waals surface area (Å²) in [6.07, 6.45) is 0. The number of rotatable bonds is 4. The van der Waals surface area contributed by atoms with Gasteiger partial charge in [0.15, 0.2) is 0 Å². The van der Waals surface area contributed by atoms with Gasteiger partial charge >= 0.3 is 0 Å². The molecule has 2 aromatic rings. The third-order valence-electron chi connectivity index (χ3n) is 2.59. The summed E-state index contributed by atoms with van der Waals surface area (Å²) in [4.78, 5) is 0. The first kappa shape index (κ1) is 15.1. The Bertz CT molecular complexity index is 632. The van der Waals surface area contributed by atoms with Gasteiger partial charge in [-0.05, 0) is 23.8 Å². The van der Waals surface area contributed by atoms with Crippen molar-refractivity contribution < 1.29 is 9.47 Å². The summed E-state index contributed by atoms with van der Waals surface area (Å²) in [6.45, 7) is 0.291. The second kappa shape index (κ2) is 6.44. The van der Waals surface area contributed by atoms with Crippen LogP contribution in [0.25, 0.3) is 0 Å². The molecule has 0 atom stereocenters. The predicted octanol–water partition coefficient (Wildman–Crippen LogP) is 4.82. The number of nitrogen functional groups attached to an aromatic ring is 1. The first-order chi connectivity index (χ1) is 9.49. The van der Waals surface area contributed by atoms with Crippen LogP contribution in [0, 0.1) is 0 Å². The Morgan fingerprint density at radius 1 is 0.950 bits per heavy atom. The number of methoxy groups -OCH3 is 1. The summed E-state index contributed by atoms with van der Waals surface area (Å²) in [6, 6.07) is 8.49. The highest BCUT2D eigenvalue weighted by Crippen LogP contribution is 2.34. The topological polar surface area (TPSA) is 44.5 Å². The minimum absolute atomic E-state index is 0.291. The highest BCUT2D eigenvalue weighted by Gasteiger charge is 2.08. The monoisotopic (exact) mass is 331 g/mol. The quantitative estimate of drug-likeness (QED) is 0.645. The van der Waals surface area contributed by atoms with E-state index in [2.05, 4.69) is 0 Å². The van der Waals surface area contributed by atoms with Crippen LogP contribution >= 0.6 is 34.8 Å². The molecule has 0 aliphatic rings. The number of ether oxygens (including phenoxy) is 2. The van der Waals surface area contributed by atoms with E-state index in [9.17, 15) is 0 Å². The van der Waals surface area contributed by atoms with Crippen molar-refractivity contribution in [3.63, 3.8) is 0 Å². The summed E-state index contributed by atoms with van der Waals surface area (Å²) >= 11 is 17.8. The van der Waals surface area contributed by atoms with Crippen molar-refractivity contribution in [1.82, 2.24) is 0 Å². The number of benzene rings is 2. The van der Waals surface area contributed by atoms with Crippen molar-refractivity contribution in [3.8, 4) is 11.5 Å². The van der Waals surface area contributed by atoms with Gasteiger partial charge in [0.25, 0.3) is 0 Å². The lowest BCUT2D eigenvalue weighted by atomic mass is 10.2. The first-order valence-electron chi connectivity index (χ1n) is 5.70. The molecule has 0 fully saturated rings. The highest BCUT2D eigenvalue weighted by atomic mass is 35.5. The van der Waals surface area contributed by atoms with Crippen molar-refractivity contribution in [2.24, 2.45) is 0 Å². The van der Waals surface area contributed by atoms with Crippen LogP contribution in [0.15, 0.2) is 30.3 Å². The van der Waals surface area contributed by atoms with E-state index >= 15 is 0 Å². The fraction of sp³-hybridized carbons (Fsp3) is 0.143. The zero-order valence-electron chi connectivity index (χ0n) is 10.6. The van der Waals surface area contributed by atoms with Gasteiger partial charge in [0.05, 0.1) is 22.2 Å². The van der Waals surface area contributed by atoms with E-state index in [-0.39, 0.29) is 0 Å². The Labute approximate surface area is 132 Å². The van der Waals surface area contributed by atoms with Crippen LogP contribution in [-0.2, 0) is 6.61 Å². The lowest BCUT2D eigenvalue weighted by Gasteiger charge is -2.11. The molecule has 0 unspecified atom stereocenters. The molecule has 0 heterocycles. The Hall–Kier alpha value is -1.29. The molecule has 0 amide bonds. The Kier molecular flexibility index (Phi) is 4.86. The van der Waals surface area contributed by atoms with Crippen LogP contribution in [0.5, 0.6) is 11.5 Å². The molecule has 0 aromatic heterocycles. The van der Waals surface area contributed by atoms with Gasteiger partial charge in [-0.3, -0.25) is 0 Å². The fourth-order valence-electron chi connectivity index (χ4n) is 1.66. The minimum Gasteiger partial charge on any atom is -0.497 e. The van der Waals surface area contributed by atoms with Crippen LogP contribution in [-0.4, -0.2) is 7.11 Å². The fourth-order valence-corrected chi connectivity index (χ4v) is 2.25. The third kappa shape index (κ3) is 3.63. The largest absolute Gasteiger partial charge is 0.497 e. The molecule has 20 heavy (non-hydrogen) atoms. The van der Waals surface area contributed by atoms with E-state index in [1.807, 2.05) is 6.07 Å². The molecular formula is C14H12Cl3NO2. The second-order valence-corrected chi connectivity index (χ2v) is 5.32. The SMILES string of the molecule is COc1cc(N)cc(COc2cc(Cl)c(Cl)cc2Cl)c1. The van der Waals surface area contributed by atoms with Crippen molar-refractivity contribution >= 4 is 40.5 Å². The van der Waals surface area contributed by atoms with E-state index in [1.54, 1.807) is 31.4 Å². The molecule has 0 bridgehead atoms. The number of hydrogen-bond acceptors (Lipinski definition) is 3. The molecule has 2 N–H and O–H groups in total. The normalized spacial score (nSPS) is 10.4. The standard InChI is InChI=1S/C14H12Cl3NO2/c1-19-10-3-8(2-9(18)4-10)7-20-14-6-12(16)11(15)5-13(14)17/h2-6H,7,18H2,1H3. The van der Waals surface area contributed by atoms with Gasteiger partial charge in [-0.15, -0.1) is 0 Å². The highest BCUT2D eigenvalue weighted by molar-refractivity contribution is 6.43. The summed E-state index contributed by atoms with van der Waals surface area (Å²) < 4.78 is 10.8. The Balaban J connectivity index is 2.16. The van der Waals surface area contributed by atoms with Gasteiger partial charge < -0.3 is 15.2 Å². The molecule has 0 saturated heterocycles. The molecule has 0 radical (unpaired) electrons. The van der Waals surface area contributed by atoms with Gasteiger partial charge in [0.1, 0.15) is 18.1 Å². The summed E-state index contributed by atoms with van der Waals surface area (Å²) in [7, 11) is 1.58. The third-order valence-corrected chi connectivity index (χ3v) is 3.61. The zero-order chi connectivity index (χ0) is 14.7.